The zero-order chi connectivity index (χ0) is 15.0. The zero-order valence-electron chi connectivity index (χ0n) is 12.2. The van der Waals surface area contributed by atoms with Gasteiger partial charge in [-0.3, -0.25) is 4.79 Å². The highest BCUT2D eigenvalue weighted by atomic mass is 16.5. The molecule has 108 valence electrons. The Morgan fingerprint density at radius 3 is 2.90 bits per heavy atom. The summed E-state index contributed by atoms with van der Waals surface area (Å²) >= 11 is 0. The first kappa shape index (κ1) is 16.2. The van der Waals surface area contributed by atoms with E-state index in [0.29, 0.717) is 18.6 Å². The van der Waals surface area contributed by atoms with Crippen molar-refractivity contribution >= 4 is 5.91 Å². The van der Waals surface area contributed by atoms with E-state index in [9.17, 15) is 4.79 Å². The summed E-state index contributed by atoms with van der Waals surface area (Å²) in [6.45, 7) is 4.34. The number of rotatable bonds is 5. The number of carbonyl (C=O) groups excluding carboxylic acids is 1. The second-order valence-corrected chi connectivity index (χ2v) is 4.63. The highest BCUT2D eigenvalue weighted by Crippen LogP contribution is 2.10. The van der Waals surface area contributed by atoms with E-state index in [-0.39, 0.29) is 18.6 Å². The average molecular weight is 275 g/mol. The molecule has 1 aromatic rings. The zero-order valence-corrected chi connectivity index (χ0v) is 12.2. The van der Waals surface area contributed by atoms with Crippen LogP contribution < -0.4 is 5.32 Å². The normalized spacial score (nSPS) is 11.4. The van der Waals surface area contributed by atoms with E-state index in [1.165, 1.54) is 0 Å². The van der Waals surface area contributed by atoms with E-state index in [4.69, 9.17) is 9.84 Å². The van der Waals surface area contributed by atoms with Gasteiger partial charge in [0.25, 0.3) is 5.91 Å². The Labute approximate surface area is 120 Å². The standard InChI is InChI=1S/C16H21NO3/c1-12-7-8-15(10-14(12)6-4-5-9-18)16(19)17-13(2)11-20-3/h7-8,10,13,18H,5,9,11H2,1-3H3,(H,17,19). The van der Waals surface area contributed by atoms with Crippen molar-refractivity contribution in [1.82, 2.24) is 5.32 Å². The number of nitrogens with one attached hydrogen (secondary N) is 1. The fourth-order valence-corrected chi connectivity index (χ4v) is 1.71. The summed E-state index contributed by atoms with van der Waals surface area (Å²) in [6.07, 6.45) is 0.431. The van der Waals surface area contributed by atoms with Crippen LogP contribution >= 0.6 is 0 Å². The number of ether oxygens (including phenoxy) is 1. The van der Waals surface area contributed by atoms with Crippen LogP contribution in [0.1, 0.15) is 34.8 Å². The van der Waals surface area contributed by atoms with Crippen molar-refractivity contribution in [3.63, 3.8) is 0 Å². The smallest absolute Gasteiger partial charge is 0.251 e. The minimum atomic E-state index is -0.139. The average Bonchev–Trinajstić information content (AvgIpc) is 2.41. The van der Waals surface area contributed by atoms with E-state index in [0.717, 1.165) is 11.1 Å². The third-order valence-corrected chi connectivity index (χ3v) is 2.75. The minimum Gasteiger partial charge on any atom is -0.395 e. The maximum Gasteiger partial charge on any atom is 0.251 e. The van der Waals surface area contributed by atoms with Gasteiger partial charge in [-0.1, -0.05) is 17.9 Å². The summed E-state index contributed by atoms with van der Waals surface area (Å²) in [7, 11) is 1.60. The first-order chi connectivity index (χ1) is 9.58. The molecule has 0 aliphatic heterocycles. The van der Waals surface area contributed by atoms with Crippen molar-refractivity contribution in [2.45, 2.75) is 26.3 Å². The molecule has 20 heavy (non-hydrogen) atoms. The van der Waals surface area contributed by atoms with Crippen molar-refractivity contribution in [3.8, 4) is 11.8 Å². The van der Waals surface area contributed by atoms with Gasteiger partial charge in [-0.25, -0.2) is 0 Å². The fourth-order valence-electron chi connectivity index (χ4n) is 1.71. The molecule has 0 heterocycles. The van der Waals surface area contributed by atoms with Crippen molar-refractivity contribution in [2.75, 3.05) is 20.3 Å². The molecule has 0 aliphatic carbocycles. The predicted octanol–water partition coefficient (Wildman–Crippen LogP) is 1.49. The van der Waals surface area contributed by atoms with Crippen LogP contribution in [0.5, 0.6) is 0 Å². The van der Waals surface area contributed by atoms with E-state index in [1.54, 1.807) is 19.2 Å². The fraction of sp³-hybridized carbons (Fsp3) is 0.438. The Morgan fingerprint density at radius 1 is 1.50 bits per heavy atom. The Kier molecular flexibility index (Phi) is 6.78. The van der Waals surface area contributed by atoms with Gasteiger partial charge in [-0.15, -0.1) is 0 Å². The molecule has 1 rings (SSSR count). The van der Waals surface area contributed by atoms with Gasteiger partial charge in [-0.2, -0.15) is 0 Å². The molecular weight excluding hydrogens is 254 g/mol. The molecule has 4 nitrogen and oxygen atoms in total. The highest BCUT2D eigenvalue weighted by molar-refractivity contribution is 5.94. The third kappa shape index (κ3) is 5.04. The molecule has 0 saturated carbocycles. The molecule has 0 fully saturated rings. The van der Waals surface area contributed by atoms with E-state index < -0.39 is 0 Å². The van der Waals surface area contributed by atoms with Crippen LogP contribution in [0.2, 0.25) is 0 Å². The molecule has 0 spiro atoms. The molecule has 0 aliphatic rings. The third-order valence-electron chi connectivity index (χ3n) is 2.75. The van der Waals surface area contributed by atoms with Gasteiger partial charge < -0.3 is 15.2 Å². The minimum absolute atomic E-state index is 0.0424. The van der Waals surface area contributed by atoms with Gasteiger partial charge in [0.1, 0.15) is 0 Å². The number of aliphatic hydroxyl groups excluding tert-OH is 1. The summed E-state index contributed by atoms with van der Waals surface area (Å²) in [5.74, 6) is 5.70. The number of hydrogen-bond donors (Lipinski definition) is 2. The van der Waals surface area contributed by atoms with E-state index in [1.807, 2.05) is 19.9 Å². The topological polar surface area (TPSA) is 58.6 Å². The lowest BCUT2D eigenvalue weighted by Crippen LogP contribution is -2.35. The van der Waals surface area contributed by atoms with Crippen LogP contribution in [-0.4, -0.2) is 37.4 Å². The van der Waals surface area contributed by atoms with E-state index >= 15 is 0 Å². The molecule has 1 atom stereocenters. The molecule has 1 aromatic carbocycles. The van der Waals surface area contributed by atoms with Crippen LogP contribution in [0.4, 0.5) is 0 Å². The van der Waals surface area contributed by atoms with E-state index in [2.05, 4.69) is 17.2 Å². The predicted molar refractivity (Wildman–Crippen MR) is 78.6 cm³/mol. The van der Waals surface area contributed by atoms with Crippen molar-refractivity contribution in [3.05, 3.63) is 34.9 Å². The number of benzene rings is 1. The monoisotopic (exact) mass is 275 g/mol. The molecule has 1 unspecified atom stereocenters. The Bertz CT molecular complexity index is 514. The molecule has 0 saturated heterocycles. The number of methoxy groups -OCH3 is 1. The Balaban J connectivity index is 2.84. The highest BCUT2D eigenvalue weighted by Gasteiger charge is 2.10. The van der Waals surface area contributed by atoms with Gasteiger partial charge >= 0.3 is 0 Å². The van der Waals surface area contributed by atoms with Gasteiger partial charge in [0.2, 0.25) is 0 Å². The molecule has 4 heteroatoms. The maximum atomic E-state index is 12.1. The first-order valence-electron chi connectivity index (χ1n) is 6.58. The number of amides is 1. The summed E-state index contributed by atoms with van der Waals surface area (Å²) < 4.78 is 4.99. The summed E-state index contributed by atoms with van der Waals surface area (Å²) in [4.78, 5) is 12.1. The number of carbonyl (C=O) groups is 1. The van der Waals surface area contributed by atoms with Crippen LogP contribution in [-0.2, 0) is 4.74 Å². The SMILES string of the molecule is COCC(C)NC(=O)c1ccc(C)c(C#CCCO)c1. The molecule has 2 N–H and O–H groups in total. The largest absolute Gasteiger partial charge is 0.395 e. The van der Waals surface area contributed by atoms with Crippen LogP contribution in [0.15, 0.2) is 18.2 Å². The summed E-state index contributed by atoms with van der Waals surface area (Å²) in [5.41, 5.74) is 2.40. The number of hydrogen-bond acceptors (Lipinski definition) is 3. The van der Waals surface area contributed by atoms with Gasteiger partial charge in [0, 0.05) is 30.7 Å². The summed E-state index contributed by atoms with van der Waals surface area (Å²) in [6, 6.07) is 5.38. The Hall–Kier alpha value is -1.83. The lowest BCUT2D eigenvalue weighted by Gasteiger charge is -2.13. The number of aryl methyl sites for hydroxylation is 1. The molecule has 0 radical (unpaired) electrons. The van der Waals surface area contributed by atoms with Crippen molar-refractivity contribution in [1.29, 1.82) is 0 Å². The number of aliphatic hydroxyl groups is 1. The quantitative estimate of drug-likeness (QED) is 0.801. The van der Waals surface area contributed by atoms with Crippen molar-refractivity contribution in [2.24, 2.45) is 0 Å². The lowest BCUT2D eigenvalue weighted by atomic mass is 10.0. The van der Waals surface area contributed by atoms with Gasteiger partial charge in [0.05, 0.1) is 13.2 Å². The van der Waals surface area contributed by atoms with Crippen molar-refractivity contribution < 1.29 is 14.6 Å². The summed E-state index contributed by atoms with van der Waals surface area (Å²) in [5, 5.41) is 11.6. The maximum absolute atomic E-state index is 12.1. The second-order valence-electron chi connectivity index (χ2n) is 4.63. The van der Waals surface area contributed by atoms with Crippen LogP contribution in [0.3, 0.4) is 0 Å². The first-order valence-corrected chi connectivity index (χ1v) is 6.58. The second kappa shape index (κ2) is 8.36. The molecule has 1 amide bonds. The van der Waals surface area contributed by atoms with Crippen LogP contribution in [0.25, 0.3) is 0 Å². The molecule has 0 bridgehead atoms. The molecular formula is C16H21NO3. The molecule has 0 aromatic heterocycles. The van der Waals surface area contributed by atoms with Gasteiger partial charge in [0.15, 0.2) is 0 Å². The van der Waals surface area contributed by atoms with Gasteiger partial charge in [-0.05, 0) is 31.5 Å². The lowest BCUT2D eigenvalue weighted by molar-refractivity contribution is 0.0905. The Morgan fingerprint density at radius 2 is 2.25 bits per heavy atom. The van der Waals surface area contributed by atoms with Crippen LogP contribution in [0, 0.1) is 18.8 Å².